The van der Waals surface area contributed by atoms with Crippen LogP contribution in [-0.2, 0) is 10.0 Å². The van der Waals surface area contributed by atoms with Crippen LogP contribution in [0.2, 0.25) is 0 Å². The average molecular weight is 286 g/mol. The molecule has 0 saturated heterocycles. The molecule has 108 valence electrons. The van der Waals surface area contributed by atoms with E-state index in [1.807, 2.05) is 6.92 Å². The zero-order valence-corrected chi connectivity index (χ0v) is 12.9. The van der Waals surface area contributed by atoms with Gasteiger partial charge in [0.25, 0.3) is 0 Å². The summed E-state index contributed by atoms with van der Waals surface area (Å²) in [5.41, 5.74) is 8.51. The Morgan fingerprint density at radius 2 is 1.84 bits per heavy atom. The van der Waals surface area contributed by atoms with Crippen LogP contribution in [0.25, 0.3) is 0 Å². The largest absolute Gasteiger partial charge is 0.398 e. The second-order valence-corrected chi connectivity index (χ2v) is 6.99. The summed E-state index contributed by atoms with van der Waals surface area (Å²) in [6.07, 6.45) is -0.719. The van der Waals surface area contributed by atoms with E-state index in [-0.39, 0.29) is 11.4 Å². The highest BCUT2D eigenvalue weighted by Gasteiger charge is 2.27. The second kappa shape index (κ2) is 5.48. The van der Waals surface area contributed by atoms with E-state index in [2.05, 4.69) is 0 Å². The number of likely N-dealkylation sites (N-methyl/N-ethyl adjacent to an activating group) is 1. The molecule has 0 aliphatic heterocycles. The highest BCUT2D eigenvalue weighted by molar-refractivity contribution is 7.89. The minimum Gasteiger partial charge on any atom is -0.398 e. The number of nitrogens with zero attached hydrogens (tertiary/aromatic N) is 1. The summed E-state index contributed by atoms with van der Waals surface area (Å²) in [4.78, 5) is 0.235. The van der Waals surface area contributed by atoms with E-state index in [4.69, 9.17) is 5.73 Å². The van der Waals surface area contributed by atoms with Crippen molar-refractivity contribution >= 4 is 15.7 Å². The van der Waals surface area contributed by atoms with Gasteiger partial charge in [-0.15, -0.1) is 0 Å². The molecule has 0 aliphatic rings. The van der Waals surface area contributed by atoms with Crippen molar-refractivity contribution in [3.63, 3.8) is 0 Å². The van der Waals surface area contributed by atoms with Gasteiger partial charge in [-0.25, -0.2) is 8.42 Å². The van der Waals surface area contributed by atoms with Crippen molar-refractivity contribution in [2.75, 3.05) is 19.3 Å². The zero-order chi connectivity index (χ0) is 15.0. The first-order valence-electron chi connectivity index (χ1n) is 6.09. The second-order valence-electron chi connectivity index (χ2n) is 5.01. The molecule has 0 spiro atoms. The number of nitrogens with two attached hydrogens (primary N) is 1. The van der Waals surface area contributed by atoms with Gasteiger partial charge in [-0.2, -0.15) is 4.31 Å². The number of aliphatic hydroxyl groups excluding tert-OH is 1. The van der Waals surface area contributed by atoms with Crippen LogP contribution in [0, 0.1) is 20.8 Å². The lowest BCUT2D eigenvalue weighted by molar-refractivity contribution is 0.171. The van der Waals surface area contributed by atoms with Gasteiger partial charge in [-0.1, -0.05) is 6.07 Å². The Balaban J connectivity index is 3.42. The fraction of sp³-hybridized carbons (Fsp3) is 0.538. The number of sulfonamides is 1. The molecule has 1 aromatic rings. The highest BCUT2D eigenvalue weighted by atomic mass is 32.2. The van der Waals surface area contributed by atoms with Gasteiger partial charge in [-0.3, -0.25) is 0 Å². The van der Waals surface area contributed by atoms with Crippen LogP contribution in [0.1, 0.15) is 23.6 Å². The van der Waals surface area contributed by atoms with Crippen molar-refractivity contribution in [1.82, 2.24) is 4.31 Å². The number of hydrogen-bond donors (Lipinski definition) is 2. The summed E-state index contributed by atoms with van der Waals surface area (Å²) in [7, 11) is -2.19. The number of anilines is 1. The maximum absolute atomic E-state index is 12.5. The van der Waals surface area contributed by atoms with Gasteiger partial charge in [0, 0.05) is 19.3 Å². The molecule has 1 unspecified atom stereocenters. The normalized spacial score (nSPS) is 13.8. The molecule has 1 atom stereocenters. The molecule has 0 bridgehead atoms. The predicted molar refractivity (Wildman–Crippen MR) is 76.6 cm³/mol. The molecular weight excluding hydrogens is 264 g/mol. The van der Waals surface area contributed by atoms with Crippen molar-refractivity contribution in [2.45, 2.75) is 38.7 Å². The molecule has 0 fully saturated rings. The Kier molecular flexibility index (Phi) is 4.60. The minimum absolute atomic E-state index is 0.0506. The van der Waals surface area contributed by atoms with Crippen LogP contribution < -0.4 is 5.73 Å². The number of aliphatic hydroxyl groups is 1. The quantitative estimate of drug-likeness (QED) is 0.815. The molecule has 0 aliphatic carbocycles. The third kappa shape index (κ3) is 3.08. The Morgan fingerprint density at radius 1 is 1.32 bits per heavy atom. The summed E-state index contributed by atoms with van der Waals surface area (Å²) in [6, 6.07) is 1.77. The average Bonchev–Trinajstić information content (AvgIpc) is 2.24. The monoisotopic (exact) mass is 286 g/mol. The summed E-state index contributed by atoms with van der Waals surface area (Å²) >= 11 is 0. The molecule has 0 amide bonds. The van der Waals surface area contributed by atoms with Gasteiger partial charge in [0.05, 0.1) is 11.0 Å². The van der Waals surface area contributed by atoms with Crippen LogP contribution in [0.4, 0.5) is 5.69 Å². The number of nitrogen functional groups attached to an aromatic ring is 1. The van der Waals surface area contributed by atoms with Gasteiger partial charge in [0.1, 0.15) is 0 Å². The lowest BCUT2D eigenvalue weighted by atomic mass is 10.1. The third-order valence-corrected chi connectivity index (χ3v) is 5.26. The molecule has 5 nitrogen and oxygen atoms in total. The Morgan fingerprint density at radius 3 is 2.32 bits per heavy atom. The molecule has 0 aromatic heterocycles. The highest BCUT2D eigenvalue weighted by Crippen LogP contribution is 2.29. The van der Waals surface area contributed by atoms with Gasteiger partial charge in [0.2, 0.25) is 10.0 Å². The van der Waals surface area contributed by atoms with E-state index in [0.29, 0.717) is 16.8 Å². The molecule has 19 heavy (non-hydrogen) atoms. The molecule has 1 rings (SSSR count). The van der Waals surface area contributed by atoms with Crippen LogP contribution >= 0.6 is 0 Å². The van der Waals surface area contributed by atoms with Gasteiger partial charge in [0.15, 0.2) is 0 Å². The fourth-order valence-electron chi connectivity index (χ4n) is 2.20. The third-order valence-electron chi connectivity index (χ3n) is 3.15. The van der Waals surface area contributed by atoms with Gasteiger partial charge < -0.3 is 10.8 Å². The van der Waals surface area contributed by atoms with Crippen LogP contribution in [0.15, 0.2) is 11.0 Å². The molecule has 3 N–H and O–H groups in total. The maximum Gasteiger partial charge on any atom is 0.243 e. The van der Waals surface area contributed by atoms with Crippen molar-refractivity contribution in [1.29, 1.82) is 0 Å². The van der Waals surface area contributed by atoms with E-state index in [9.17, 15) is 13.5 Å². The first kappa shape index (κ1) is 15.9. The lowest BCUT2D eigenvalue weighted by Crippen LogP contribution is -2.34. The van der Waals surface area contributed by atoms with Gasteiger partial charge >= 0.3 is 0 Å². The fourth-order valence-corrected chi connectivity index (χ4v) is 3.89. The van der Waals surface area contributed by atoms with Crippen molar-refractivity contribution in [3.05, 3.63) is 22.8 Å². The molecule has 0 saturated carbocycles. The Bertz CT molecular complexity index is 580. The number of rotatable bonds is 4. The first-order valence-corrected chi connectivity index (χ1v) is 7.53. The zero-order valence-electron chi connectivity index (χ0n) is 12.1. The van der Waals surface area contributed by atoms with Crippen LogP contribution in [-0.4, -0.2) is 37.5 Å². The molecule has 6 heteroatoms. The van der Waals surface area contributed by atoms with Crippen molar-refractivity contribution in [3.8, 4) is 0 Å². The molecule has 0 heterocycles. The Labute approximate surface area is 115 Å². The van der Waals surface area contributed by atoms with Crippen LogP contribution in [0.3, 0.4) is 0 Å². The predicted octanol–water partition coefficient (Wildman–Crippen LogP) is 1.20. The maximum atomic E-state index is 12.5. The smallest absolute Gasteiger partial charge is 0.243 e. The SMILES string of the molecule is Cc1cc(C)c(S(=O)(=O)N(C)CC(C)O)c(C)c1N. The summed E-state index contributed by atoms with van der Waals surface area (Å²) in [6.45, 7) is 6.91. The van der Waals surface area contributed by atoms with Crippen molar-refractivity contribution < 1.29 is 13.5 Å². The lowest BCUT2D eigenvalue weighted by Gasteiger charge is -2.22. The standard InChI is InChI=1S/C13H22N2O3S/c1-8-6-9(2)13(11(4)12(8)14)19(17,18)15(5)7-10(3)16/h6,10,16H,7,14H2,1-5H3. The van der Waals surface area contributed by atoms with Crippen molar-refractivity contribution in [2.24, 2.45) is 0 Å². The number of hydrogen-bond acceptors (Lipinski definition) is 4. The minimum atomic E-state index is -3.64. The summed E-state index contributed by atoms with van der Waals surface area (Å²) < 4.78 is 26.2. The topological polar surface area (TPSA) is 83.6 Å². The van der Waals surface area contributed by atoms with E-state index >= 15 is 0 Å². The molecular formula is C13H22N2O3S. The molecule has 1 aromatic carbocycles. The van der Waals surface area contributed by atoms with E-state index in [0.717, 1.165) is 9.87 Å². The number of aryl methyl sites for hydroxylation is 2. The van der Waals surface area contributed by atoms with E-state index in [1.54, 1.807) is 26.8 Å². The first-order chi connectivity index (χ1) is 8.59. The summed E-state index contributed by atoms with van der Waals surface area (Å²) in [5.74, 6) is 0. The Hall–Kier alpha value is -1.11. The van der Waals surface area contributed by atoms with Gasteiger partial charge in [-0.05, 0) is 44.4 Å². The van der Waals surface area contributed by atoms with E-state index < -0.39 is 16.1 Å². The number of benzene rings is 1. The van der Waals surface area contributed by atoms with Crippen LogP contribution in [0.5, 0.6) is 0 Å². The molecule has 0 radical (unpaired) electrons. The van der Waals surface area contributed by atoms with E-state index in [1.165, 1.54) is 7.05 Å². The summed E-state index contributed by atoms with van der Waals surface area (Å²) in [5, 5.41) is 9.34.